The maximum Gasteiger partial charge on any atom is -0.0383 e. The summed E-state index contributed by atoms with van der Waals surface area (Å²) in [5.41, 5.74) is 0. The first-order valence-corrected chi connectivity index (χ1v) is 3.97. The highest BCUT2D eigenvalue weighted by Crippen LogP contribution is 2.47. The summed E-state index contributed by atoms with van der Waals surface area (Å²) in [7, 11) is 0. The van der Waals surface area contributed by atoms with Gasteiger partial charge < -0.3 is 0 Å². The molecule has 0 aromatic heterocycles. The van der Waals surface area contributed by atoms with Gasteiger partial charge in [0.25, 0.3) is 0 Å². The Bertz CT molecular complexity index is 80.6. The molecule has 54 valence electrons. The van der Waals surface area contributed by atoms with Crippen molar-refractivity contribution in [2.24, 2.45) is 11.8 Å². The Morgan fingerprint density at radius 2 is 1.33 bits per heavy atom. The zero-order chi connectivity index (χ0) is 5.40. The molecule has 2 aliphatic carbocycles. The smallest absolute Gasteiger partial charge is 0.0383 e. The predicted octanol–water partition coefficient (Wildman–Crippen LogP) is 3.01. The van der Waals surface area contributed by atoms with Crippen molar-refractivity contribution in [2.45, 2.75) is 38.5 Å². The van der Waals surface area contributed by atoms with E-state index in [4.69, 9.17) is 0 Å². The third-order valence-electron chi connectivity index (χ3n) is 2.72. The van der Waals surface area contributed by atoms with Crippen molar-refractivity contribution >= 4 is 12.4 Å². The van der Waals surface area contributed by atoms with Gasteiger partial charge >= 0.3 is 0 Å². The van der Waals surface area contributed by atoms with Crippen LogP contribution in [0, 0.1) is 11.8 Å². The first-order chi connectivity index (χ1) is 3.97. The lowest BCUT2D eigenvalue weighted by molar-refractivity contribution is 0.644. The van der Waals surface area contributed by atoms with Crippen molar-refractivity contribution in [3.05, 3.63) is 0 Å². The van der Waals surface area contributed by atoms with Gasteiger partial charge in [-0.15, -0.1) is 12.4 Å². The highest BCUT2D eigenvalue weighted by atomic mass is 35.5. The zero-order valence-electron chi connectivity index (χ0n) is 5.81. The summed E-state index contributed by atoms with van der Waals surface area (Å²) in [6.45, 7) is 0. The van der Waals surface area contributed by atoms with Crippen LogP contribution in [0.4, 0.5) is 0 Å². The molecule has 0 amide bonds. The molecule has 9 heavy (non-hydrogen) atoms. The third-order valence-corrected chi connectivity index (χ3v) is 2.72. The number of rotatable bonds is 0. The number of fused-ring (bicyclic) bond motifs is 1. The number of hydrogen-bond acceptors (Lipinski definition) is 0. The molecule has 0 heterocycles. The van der Waals surface area contributed by atoms with Crippen molar-refractivity contribution in [2.75, 3.05) is 0 Å². The lowest BCUT2D eigenvalue weighted by Crippen LogP contribution is -1.74. The van der Waals surface area contributed by atoms with Gasteiger partial charge in [0, 0.05) is 0 Å². The van der Waals surface area contributed by atoms with Crippen LogP contribution in [0.25, 0.3) is 0 Å². The minimum absolute atomic E-state index is 0. The van der Waals surface area contributed by atoms with E-state index in [1.807, 2.05) is 0 Å². The summed E-state index contributed by atoms with van der Waals surface area (Å²) < 4.78 is 0. The van der Waals surface area contributed by atoms with Gasteiger partial charge in [-0.3, -0.25) is 0 Å². The molecule has 0 radical (unpaired) electrons. The topological polar surface area (TPSA) is 0 Å². The molecule has 0 N–H and O–H groups in total. The van der Waals surface area contributed by atoms with Crippen molar-refractivity contribution in [3.63, 3.8) is 0 Å². The highest BCUT2D eigenvalue weighted by molar-refractivity contribution is 5.85. The van der Waals surface area contributed by atoms with Gasteiger partial charge in [0.2, 0.25) is 0 Å². The van der Waals surface area contributed by atoms with Gasteiger partial charge in [0.1, 0.15) is 0 Å². The van der Waals surface area contributed by atoms with Crippen LogP contribution in [0.2, 0.25) is 0 Å². The molecule has 0 spiro atoms. The summed E-state index contributed by atoms with van der Waals surface area (Å²) in [5.74, 6) is 2.38. The summed E-state index contributed by atoms with van der Waals surface area (Å²) in [4.78, 5) is 0. The monoisotopic (exact) mass is 146 g/mol. The second kappa shape index (κ2) is 2.92. The Kier molecular flexibility index (Phi) is 2.40. The number of halogens is 1. The Labute approximate surface area is 63.4 Å². The molecule has 0 aromatic rings. The van der Waals surface area contributed by atoms with Crippen LogP contribution < -0.4 is 0 Å². The fourth-order valence-corrected chi connectivity index (χ4v) is 2.01. The second-order valence-corrected chi connectivity index (χ2v) is 3.39. The van der Waals surface area contributed by atoms with E-state index in [9.17, 15) is 0 Å². The van der Waals surface area contributed by atoms with E-state index >= 15 is 0 Å². The van der Waals surface area contributed by atoms with Crippen molar-refractivity contribution in [1.82, 2.24) is 0 Å². The molecule has 2 rings (SSSR count). The molecule has 2 saturated carbocycles. The van der Waals surface area contributed by atoms with Crippen molar-refractivity contribution in [1.29, 1.82) is 0 Å². The zero-order valence-corrected chi connectivity index (χ0v) is 6.62. The van der Waals surface area contributed by atoms with Crippen molar-refractivity contribution in [3.8, 4) is 0 Å². The average Bonchev–Trinajstić information content (AvgIpc) is 2.36. The lowest BCUT2D eigenvalue weighted by atomic mass is 10.2. The molecule has 0 saturated heterocycles. The molecule has 0 aromatic carbocycles. The maximum atomic E-state index is 1.58. The molecule has 2 unspecified atom stereocenters. The van der Waals surface area contributed by atoms with E-state index < -0.39 is 0 Å². The summed E-state index contributed by atoms with van der Waals surface area (Å²) in [5, 5.41) is 0. The minimum Gasteiger partial charge on any atom is -0.147 e. The van der Waals surface area contributed by atoms with Gasteiger partial charge in [0.15, 0.2) is 0 Å². The largest absolute Gasteiger partial charge is 0.147 e. The second-order valence-electron chi connectivity index (χ2n) is 3.39. The van der Waals surface area contributed by atoms with Crippen LogP contribution in [0.1, 0.15) is 38.5 Å². The van der Waals surface area contributed by atoms with E-state index in [0.717, 1.165) is 0 Å². The van der Waals surface area contributed by atoms with E-state index in [0.29, 0.717) is 0 Å². The molecule has 1 heteroatoms. The predicted molar refractivity (Wildman–Crippen MR) is 41.9 cm³/mol. The number of hydrogen-bond donors (Lipinski definition) is 0. The SMILES string of the molecule is C1CCC2CC2CC1.Cl. The lowest BCUT2D eigenvalue weighted by Gasteiger charge is -1.90. The van der Waals surface area contributed by atoms with Gasteiger partial charge in [-0.05, 0) is 18.3 Å². The van der Waals surface area contributed by atoms with Gasteiger partial charge in [-0.25, -0.2) is 0 Å². The van der Waals surface area contributed by atoms with Crippen LogP contribution in [0.5, 0.6) is 0 Å². The molecular weight excluding hydrogens is 132 g/mol. The molecule has 0 bridgehead atoms. The Hall–Kier alpha value is 0.290. The standard InChI is InChI=1S/C8H14.ClH/c1-2-4-7-6-8(7)5-3-1;/h7-8H,1-6H2;1H. The summed E-state index contributed by atoms with van der Waals surface area (Å²) >= 11 is 0. The molecule has 2 aliphatic rings. The molecule has 2 fully saturated rings. The van der Waals surface area contributed by atoms with Crippen molar-refractivity contribution < 1.29 is 0 Å². The van der Waals surface area contributed by atoms with Gasteiger partial charge in [-0.1, -0.05) is 32.1 Å². The maximum absolute atomic E-state index is 1.58. The third kappa shape index (κ3) is 1.61. The Balaban J connectivity index is 0.000000405. The summed E-state index contributed by atoms with van der Waals surface area (Å²) in [6.07, 6.45) is 9.28. The molecule has 0 nitrogen and oxygen atoms in total. The van der Waals surface area contributed by atoms with Crippen LogP contribution in [-0.4, -0.2) is 0 Å². The van der Waals surface area contributed by atoms with Crippen LogP contribution >= 0.6 is 12.4 Å². The van der Waals surface area contributed by atoms with Crippen LogP contribution in [0.15, 0.2) is 0 Å². The average molecular weight is 147 g/mol. The fraction of sp³-hybridized carbons (Fsp3) is 1.00. The summed E-state index contributed by atoms with van der Waals surface area (Å²) in [6, 6.07) is 0. The minimum atomic E-state index is 0. The molecule has 0 aliphatic heterocycles. The first-order valence-electron chi connectivity index (χ1n) is 3.97. The normalized spacial score (nSPS) is 40.0. The Morgan fingerprint density at radius 1 is 0.778 bits per heavy atom. The van der Waals surface area contributed by atoms with E-state index in [2.05, 4.69) is 0 Å². The Morgan fingerprint density at radius 3 is 1.89 bits per heavy atom. The van der Waals surface area contributed by atoms with Crippen LogP contribution in [-0.2, 0) is 0 Å². The van der Waals surface area contributed by atoms with Gasteiger partial charge in [0.05, 0.1) is 0 Å². The first kappa shape index (κ1) is 7.40. The van der Waals surface area contributed by atoms with Gasteiger partial charge in [-0.2, -0.15) is 0 Å². The fourth-order valence-electron chi connectivity index (χ4n) is 2.01. The quantitative estimate of drug-likeness (QED) is 0.493. The highest BCUT2D eigenvalue weighted by Gasteiger charge is 2.36. The molecule has 2 atom stereocenters. The molecular formula is C8H15Cl. The van der Waals surface area contributed by atoms with Crippen LogP contribution in [0.3, 0.4) is 0 Å². The van der Waals surface area contributed by atoms with E-state index in [1.165, 1.54) is 31.1 Å². The van der Waals surface area contributed by atoms with E-state index in [-0.39, 0.29) is 12.4 Å². The van der Waals surface area contributed by atoms with E-state index in [1.54, 1.807) is 19.3 Å².